The van der Waals surface area contributed by atoms with Crippen LogP contribution in [0.4, 0.5) is 4.79 Å². The maximum Gasteiger partial charge on any atom is 0.336 e. The van der Waals surface area contributed by atoms with Gasteiger partial charge in [0.2, 0.25) is 0 Å². The molecule has 2 unspecified atom stereocenters. The summed E-state index contributed by atoms with van der Waals surface area (Å²) in [5, 5.41) is 11.1. The van der Waals surface area contributed by atoms with Gasteiger partial charge in [0, 0.05) is 45.0 Å². The van der Waals surface area contributed by atoms with Crippen molar-refractivity contribution in [1.29, 1.82) is 0 Å². The number of cyclic esters (lactones) is 1. The Balaban J connectivity index is 1.01. The number of piperidine rings is 1. The molecule has 2 aromatic rings. The first-order chi connectivity index (χ1) is 15.6. The van der Waals surface area contributed by atoms with Crippen molar-refractivity contribution < 1.29 is 14.3 Å². The maximum atomic E-state index is 13.0. The maximum absolute atomic E-state index is 13.0. The van der Waals surface area contributed by atoms with Gasteiger partial charge in [0.25, 0.3) is 0 Å². The van der Waals surface area contributed by atoms with Gasteiger partial charge in [-0.3, -0.25) is 4.90 Å². The molecule has 0 bridgehead atoms. The van der Waals surface area contributed by atoms with Crippen LogP contribution in [0.25, 0.3) is 5.82 Å². The van der Waals surface area contributed by atoms with Crippen molar-refractivity contribution in [1.82, 2.24) is 39.9 Å². The monoisotopic (exact) mass is 436 g/mol. The van der Waals surface area contributed by atoms with Gasteiger partial charge in [-0.05, 0) is 47.2 Å². The van der Waals surface area contributed by atoms with E-state index < -0.39 is 0 Å². The molecule has 2 aromatic heterocycles. The Morgan fingerprint density at radius 3 is 2.66 bits per heavy atom. The zero-order valence-corrected chi connectivity index (χ0v) is 17.8. The zero-order chi connectivity index (χ0) is 21.8. The van der Waals surface area contributed by atoms with E-state index >= 15 is 0 Å². The van der Waals surface area contributed by atoms with Crippen molar-refractivity contribution in [2.45, 2.75) is 19.4 Å². The van der Waals surface area contributed by atoms with Gasteiger partial charge in [-0.2, -0.15) is 4.68 Å². The van der Waals surface area contributed by atoms with E-state index in [1.807, 2.05) is 17.2 Å². The smallest absolute Gasteiger partial charge is 0.336 e. The van der Waals surface area contributed by atoms with Crippen LogP contribution in [0.3, 0.4) is 0 Å². The summed E-state index contributed by atoms with van der Waals surface area (Å²) in [6, 6.07) is 4.35. The highest BCUT2D eigenvalue weighted by Gasteiger charge is 2.60. The fourth-order valence-corrected chi connectivity index (χ4v) is 5.31. The summed E-state index contributed by atoms with van der Waals surface area (Å²) in [6.07, 6.45) is 4.34. The molecule has 0 spiro atoms. The van der Waals surface area contributed by atoms with Crippen LogP contribution in [0.15, 0.2) is 35.9 Å². The average Bonchev–Trinajstić information content (AvgIpc) is 3.37. The van der Waals surface area contributed by atoms with Gasteiger partial charge in [-0.15, -0.1) is 5.10 Å². The minimum absolute atomic E-state index is 0.0253. The second kappa shape index (κ2) is 7.37. The number of likely N-dealkylation sites (tertiary alicyclic amines) is 1. The molecule has 0 radical (unpaired) electrons. The van der Waals surface area contributed by atoms with E-state index in [4.69, 9.17) is 4.74 Å². The van der Waals surface area contributed by atoms with Crippen LogP contribution < -0.4 is 0 Å². The first-order valence-corrected chi connectivity index (χ1v) is 11.0. The highest BCUT2D eigenvalue weighted by molar-refractivity contribution is 5.92. The molecule has 166 valence electrons. The molecule has 1 aliphatic carbocycles. The van der Waals surface area contributed by atoms with Crippen LogP contribution in [-0.4, -0.2) is 97.3 Å². The highest BCUT2D eigenvalue weighted by atomic mass is 16.5. The largest absolute Gasteiger partial charge is 0.456 e. The molecule has 6 rings (SSSR count). The number of fused-ring (bicyclic) bond motifs is 1. The molecule has 3 aliphatic heterocycles. The molecule has 3 fully saturated rings. The molecule has 0 N–H and O–H groups in total. The number of tetrazole rings is 1. The predicted molar refractivity (Wildman–Crippen MR) is 110 cm³/mol. The molecule has 2 amide bonds. The highest BCUT2D eigenvalue weighted by Crippen LogP contribution is 2.50. The number of pyridine rings is 1. The van der Waals surface area contributed by atoms with E-state index in [9.17, 15) is 9.59 Å². The third-order valence-corrected chi connectivity index (χ3v) is 7.14. The summed E-state index contributed by atoms with van der Waals surface area (Å²) < 4.78 is 6.62. The molecule has 2 saturated heterocycles. The quantitative estimate of drug-likeness (QED) is 0.587. The van der Waals surface area contributed by atoms with Crippen LogP contribution >= 0.6 is 0 Å². The van der Waals surface area contributed by atoms with Crippen LogP contribution in [0.1, 0.15) is 12.5 Å². The van der Waals surface area contributed by atoms with Crippen LogP contribution in [-0.2, 0) is 16.0 Å². The normalized spacial score (nSPS) is 27.5. The SMILES string of the molecule is CC1=C(N2CCN(C3C4CN(CCc5ccc(-n6cnnn6)nc5)CC43)C2=O)COC1=O. The van der Waals surface area contributed by atoms with E-state index in [0.29, 0.717) is 35.8 Å². The number of ether oxygens (including phenoxy) is 1. The van der Waals surface area contributed by atoms with Crippen LogP contribution in [0, 0.1) is 11.8 Å². The Morgan fingerprint density at radius 2 is 2.00 bits per heavy atom. The summed E-state index contributed by atoms with van der Waals surface area (Å²) in [4.78, 5) is 35.3. The van der Waals surface area contributed by atoms with Crippen molar-refractivity contribution in [3.05, 3.63) is 41.5 Å². The number of aromatic nitrogens is 5. The van der Waals surface area contributed by atoms with E-state index in [0.717, 1.165) is 38.3 Å². The molecule has 11 nitrogen and oxygen atoms in total. The first-order valence-electron chi connectivity index (χ1n) is 11.0. The lowest BCUT2D eigenvalue weighted by atomic mass is 10.2. The third kappa shape index (κ3) is 3.15. The number of carbonyl (C=O) groups is 2. The van der Waals surface area contributed by atoms with Gasteiger partial charge in [0.15, 0.2) is 5.82 Å². The number of urea groups is 1. The van der Waals surface area contributed by atoms with Crippen LogP contribution in [0.5, 0.6) is 0 Å². The van der Waals surface area contributed by atoms with Crippen molar-refractivity contribution in [3.8, 4) is 5.82 Å². The minimum Gasteiger partial charge on any atom is -0.456 e. The third-order valence-electron chi connectivity index (χ3n) is 7.14. The lowest BCUT2D eigenvalue weighted by molar-refractivity contribution is -0.136. The van der Waals surface area contributed by atoms with Gasteiger partial charge < -0.3 is 14.5 Å². The number of amides is 2. The molecular weight excluding hydrogens is 412 g/mol. The molecule has 1 saturated carbocycles. The predicted octanol–water partition coefficient (Wildman–Crippen LogP) is 0.0984. The number of esters is 1. The van der Waals surface area contributed by atoms with E-state index in [1.54, 1.807) is 11.8 Å². The number of carbonyl (C=O) groups excluding carboxylic acids is 2. The number of hydrogen-bond acceptors (Lipinski definition) is 8. The van der Waals surface area contributed by atoms with Gasteiger partial charge in [-0.25, -0.2) is 14.6 Å². The molecule has 5 heterocycles. The molecule has 0 aromatic carbocycles. The van der Waals surface area contributed by atoms with Crippen molar-refractivity contribution in [3.63, 3.8) is 0 Å². The van der Waals surface area contributed by atoms with Gasteiger partial charge >= 0.3 is 12.0 Å². The topological polar surface area (TPSA) is 110 Å². The second-order valence-electron chi connectivity index (χ2n) is 8.88. The molecule has 4 aliphatic rings. The lowest BCUT2D eigenvalue weighted by Gasteiger charge is -2.24. The Kier molecular flexibility index (Phi) is 4.46. The van der Waals surface area contributed by atoms with Gasteiger partial charge in [0.1, 0.15) is 12.9 Å². The summed E-state index contributed by atoms with van der Waals surface area (Å²) in [5.41, 5.74) is 2.47. The summed E-state index contributed by atoms with van der Waals surface area (Å²) in [5.74, 6) is 1.49. The Bertz CT molecular complexity index is 1070. The fraction of sp³-hybridized carbons (Fsp3) is 0.524. The van der Waals surface area contributed by atoms with E-state index in [-0.39, 0.29) is 18.6 Å². The Hall–Kier alpha value is -3.34. The lowest BCUT2D eigenvalue weighted by Crippen LogP contribution is -2.38. The molecule has 32 heavy (non-hydrogen) atoms. The number of nitrogens with zero attached hydrogens (tertiary/aromatic N) is 8. The summed E-state index contributed by atoms with van der Waals surface area (Å²) in [7, 11) is 0. The van der Waals surface area contributed by atoms with Crippen molar-refractivity contribution in [2.75, 3.05) is 39.3 Å². The second-order valence-corrected chi connectivity index (χ2v) is 8.88. The summed E-state index contributed by atoms with van der Waals surface area (Å²) in [6.45, 7) is 6.34. The van der Waals surface area contributed by atoms with Gasteiger partial charge in [-0.1, -0.05) is 6.07 Å². The van der Waals surface area contributed by atoms with Crippen molar-refractivity contribution >= 4 is 12.0 Å². The first kappa shape index (κ1) is 19.4. The average molecular weight is 436 g/mol. The fourth-order valence-electron chi connectivity index (χ4n) is 5.31. The number of rotatable bonds is 6. The molecule has 2 atom stereocenters. The molecule has 11 heteroatoms. The Labute approximate surface area is 184 Å². The Morgan fingerprint density at radius 1 is 1.16 bits per heavy atom. The van der Waals surface area contributed by atoms with Crippen LogP contribution in [0.2, 0.25) is 0 Å². The van der Waals surface area contributed by atoms with E-state index in [2.05, 4.69) is 31.5 Å². The van der Waals surface area contributed by atoms with Gasteiger partial charge in [0.05, 0.1) is 11.3 Å². The summed E-state index contributed by atoms with van der Waals surface area (Å²) >= 11 is 0. The zero-order valence-electron chi connectivity index (χ0n) is 17.8. The minimum atomic E-state index is -0.314. The molecular formula is C21H24N8O3. The standard InChI is InChI=1S/C21H24N8O3/c1-13-17(11-32-20(13)30)27-6-7-28(21(27)31)19-15-9-26(10-16(15)19)5-4-14-2-3-18(22-8-14)29-12-23-24-25-29/h2-3,8,12,15-16,19H,4-7,9-11H2,1H3. The van der Waals surface area contributed by atoms with Crippen molar-refractivity contribution in [2.24, 2.45) is 11.8 Å². The van der Waals surface area contributed by atoms with E-state index in [1.165, 1.54) is 16.6 Å². The number of hydrogen-bond donors (Lipinski definition) is 0.